The van der Waals surface area contributed by atoms with Crippen LogP contribution in [0.1, 0.15) is 36.6 Å². The van der Waals surface area contributed by atoms with Crippen LogP contribution in [0.5, 0.6) is 0 Å². The summed E-state index contributed by atoms with van der Waals surface area (Å²) < 4.78 is 5.17. The summed E-state index contributed by atoms with van der Waals surface area (Å²) in [4.78, 5) is 0. The normalized spacial score (nSPS) is 12.6. The highest BCUT2D eigenvalue weighted by molar-refractivity contribution is 5.31. The van der Waals surface area contributed by atoms with Crippen LogP contribution in [0, 0.1) is 0 Å². The van der Waals surface area contributed by atoms with Crippen LogP contribution in [0.25, 0.3) is 0 Å². The molecule has 2 nitrogen and oxygen atoms in total. The van der Waals surface area contributed by atoms with Gasteiger partial charge in [-0.15, -0.1) is 0 Å². The Hall–Kier alpha value is -1.54. The molecule has 0 bridgehead atoms. The van der Waals surface area contributed by atoms with E-state index in [1.165, 1.54) is 16.7 Å². The van der Waals surface area contributed by atoms with E-state index in [-0.39, 0.29) is 6.04 Å². The first-order chi connectivity index (χ1) is 8.35. The molecular weight excluding hydrogens is 210 g/mol. The summed E-state index contributed by atoms with van der Waals surface area (Å²) in [7, 11) is 0. The number of rotatable bonds is 5. The lowest BCUT2D eigenvalue weighted by molar-refractivity contribution is 0.553. The molecule has 90 valence electrons. The van der Waals surface area contributed by atoms with Gasteiger partial charge in [0.25, 0.3) is 0 Å². The molecule has 0 saturated heterocycles. The fraction of sp³-hybridized carbons (Fsp3) is 0.333. The van der Waals surface area contributed by atoms with E-state index < -0.39 is 0 Å². The third-order valence-corrected chi connectivity index (χ3v) is 3.01. The molecule has 0 saturated carbocycles. The highest BCUT2D eigenvalue weighted by Gasteiger charge is 2.13. The van der Waals surface area contributed by atoms with E-state index in [2.05, 4.69) is 43.4 Å². The standard InChI is InChI=1S/C15H19NO/c1-3-12-5-7-13(8-6-12)15(16-4-2)14-9-10-17-11-14/h5-11,15-16H,3-4H2,1-2H3. The Kier molecular flexibility index (Phi) is 3.99. The topological polar surface area (TPSA) is 25.2 Å². The molecule has 2 heteroatoms. The Labute approximate surface area is 103 Å². The summed E-state index contributed by atoms with van der Waals surface area (Å²) in [6.07, 6.45) is 4.61. The molecule has 0 aliphatic heterocycles. The van der Waals surface area contributed by atoms with E-state index >= 15 is 0 Å². The van der Waals surface area contributed by atoms with E-state index in [4.69, 9.17) is 4.42 Å². The summed E-state index contributed by atoms with van der Waals surface area (Å²) in [5.41, 5.74) is 3.83. The predicted molar refractivity (Wildman–Crippen MR) is 70.0 cm³/mol. The second-order valence-electron chi connectivity index (χ2n) is 4.14. The molecule has 0 aliphatic carbocycles. The van der Waals surface area contributed by atoms with Gasteiger partial charge in [-0.05, 0) is 30.2 Å². The Morgan fingerprint density at radius 3 is 2.35 bits per heavy atom. The first-order valence-corrected chi connectivity index (χ1v) is 6.19. The van der Waals surface area contributed by atoms with Crippen molar-refractivity contribution < 1.29 is 4.42 Å². The highest BCUT2D eigenvalue weighted by Crippen LogP contribution is 2.22. The maximum Gasteiger partial charge on any atom is 0.0953 e. The van der Waals surface area contributed by atoms with Crippen LogP contribution in [-0.4, -0.2) is 6.54 Å². The summed E-state index contributed by atoms with van der Waals surface area (Å²) in [5, 5.41) is 3.48. The van der Waals surface area contributed by atoms with Crippen molar-refractivity contribution in [3.8, 4) is 0 Å². The highest BCUT2D eigenvalue weighted by atomic mass is 16.3. The van der Waals surface area contributed by atoms with E-state index in [0.29, 0.717) is 0 Å². The van der Waals surface area contributed by atoms with E-state index in [1.54, 1.807) is 12.5 Å². The zero-order chi connectivity index (χ0) is 12.1. The number of hydrogen-bond acceptors (Lipinski definition) is 2. The molecule has 1 N–H and O–H groups in total. The Morgan fingerprint density at radius 1 is 1.06 bits per heavy atom. The molecule has 1 unspecified atom stereocenters. The molecule has 2 aromatic rings. The average Bonchev–Trinajstić information content (AvgIpc) is 2.90. The third kappa shape index (κ3) is 2.77. The van der Waals surface area contributed by atoms with Gasteiger partial charge in [0.15, 0.2) is 0 Å². The predicted octanol–water partition coefficient (Wildman–Crippen LogP) is 3.54. The lowest BCUT2D eigenvalue weighted by Gasteiger charge is -2.17. The van der Waals surface area contributed by atoms with Crippen LogP contribution >= 0.6 is 0 Å². The van der Waals surface area contributed by atoms with Gasteiger partial charge in [-0.2, -0.15) is 0 Å². The third-order valence-electron chi connectivity index (χ3n) is 3.01. The number of aryl methyl sites for hydroxylation is 1. The summed E-state index contributed by atoms with van der Waals surface area (Å²) >= 11 is 0. The number of furan rings is 1. The van der Waals surface area contributed by atoms with Crippen molar-refractivity contribution >= 4 is 0 Å². The quantitative estimate of drug-likeness (QED) is 0.848. The molecule has 1 atom stereocenters. The Balaban J connectivity index is 2.26. The fourth-order valence-electron chi connectivity index (χ4n) is 2.02. The van der Waals surface area contributed by atoms with E-state index in [1.807, 2.05) is 6.07 Å². The zero-order valence-electron chi connectivity index (χ0n) is 10.4. The summed E-state index contributed by atoms with van der Waals surface area (Å²) in [5.74, 6) is 0. The maximum absolute atomic E-state index is 5.17. The molecule has 1 aromatic heterocycles. The average molecular weight is 229 g/mol. The molecule has 2 rings (SSSR count). The lowest BCUT2D eigenvalue weighted by Crippen LogP contribution is -2.21. The van der Waals surface area contributed by atoms with Gasteiger partial charge in [-0.3, -0.25) is 0 Å². The van der Waals surface area contributed by atoms with Crippen molar-refractivity contribution in [2.75, 3.05) is 6.54 Å². The van der Waals surface area contributed by atoms with Gasteiger partial charge in [-0.25, -0.2) is 0 Å². The number of hydrogen-bond donors (Lipinski definition) is 1. The fourth-order valence-corrected chi connectivity index (χ4v) is 2.02. The van der Waals surface area contributed by atoms with Gasteiger partial charge in [0.2, 0.25) is 0 Å². The minimum absolute atomic E-state index is 0.227. The van der Waals surface area contributed by atoms with Gasteiger partial charge in [-0.1, -0.05) is 38.1 Å². The van der Waals surface area contributed by atoms with Gasteiger partial charge in [0, 0.05) is 5.56 Å². The SMILES string of the molecule is CCNC(c1ccc(CC)cc1)c1ccoc1. The zero-order valence-corrected chi connectivity index (χ0v) is 10.4. The Morgan fingerprint density at radius 2 is 1.82 bits per heavy atom. The van der Waals surface area contributed by atoms with Gasteiger partial charge in [0.05, 0.1) is 18.6 Å². The minimum Gasteiger partial charge on any atom is -0.472 e. The molecular formula is C15H19NO. The smallest absolute Gasteiger partial charge is 0.0953 e. The molecule has 17 heavy (non-hydrogen) atoms. The number of nitrogens with one attached hydrogen (secondary N) is 1. The molecule has 0 amide bonds. The van der Waals surface area contributed by atoms with Gasteiger partial charge < -0.3 is 9.73 Å². The van der Waals surface area contributed by atoms with Gasteiger partial charge in [0.1, 0.15) is 0 Å². The monoisotopic (exact) mass is 229 g/mol. The molecule has 1 heterocycles. The van der Waals surface area contributed by atoms with Crippen LogP contribution in [0.4, 0.5) is 0 Å². The van der Waals surface area contributed by atoms with Crippen molar-refractivity contribution in [3.05, 3.63) is 59.5 Å². The molecule has 0 fully saturated rings. The summed E-state index contributed by atoms with van der Waals surface area (Å²) in [6, 6.07) is 11.0. The molecule has 0 spiro atoms. The van der Waals surface area contributed by atoms with Crippen molar-refractivity contribution in [1.82, 2.24) is 5.32 Å². The van der Waals surface area contributed by atoms with Crippen LogP contribution in [0.15, 0.2) is 47.3 Å². The maximum atomic E-state index is 5.17. The van der Waals surface area contributed by atoms with Crippen LogP contribution in [-0.2, 0) is 6.42 Å². The second kappa shape index (κ2) is 5.69. The number of benzene rings is 1. The van der Waals surface area contributed by atoms with E-state index in [9.17, 15) is 0 Å². The first-order valence-electron chi connectivity index (χ1n) is 6.19. The van der Waals surface area contributed by atoms with Crippen LogP contribution in [0.2, 0.25) is 0 Å². The minimum atomic E-state index is 0.227. The second-order valence-corrected chi connectivity index (χ2v) is 4.14. The van der Waals surface area contributed by atoms with Crippen molar-refractivity contribution in [2.45, 2.75) is 26.3 Å². The molecule has 1 aromatic carbocycles. The summed E-state index contributed by atoms with van der Waals surface area (Å²) in [6.45, 7) is 5.23. The molecule has 0 radical (unpaired) electrons. The van der Waals surface area contributed by atoms with Crippen LogP contribution in [0.3, 0.4) is 0 Å². The largest absolute Gasteiger partial charge is 0.472 e. The van der Waals surface area contributed by atoms with Crippen molar-refractivity contribution in [2.24, 2.45) is 0 Å². The Bertz CT molecular complexity index is 430. The molecule has 0 aliphatic rings. The first kappa shape index (κ1) is 11.9. The van der Waals surface area contributed by atoms with Crippen LogP contribution < -0.4 is 5.32 Å². The van der Waals surface area contributed by atoms with E-state index in [0.717, 1.165) is 13.0 Å². The van der Waals surface area contributed by atoms with Crippen molar-refractivity contribution in [3.63, 3.8) is 0 Å². The van der Waals surface area contributed by atoms with Gasteiger partial charge >= 0.3 is 0 Å². The lowest BCUT2D eigenvalue weighted by atomic mass is 9.99. The van der Waals surface area contributed by atoms with Crippen molar-refractivity contribution in [1.29, 1.82) is 0 Å².